The summed E-state index contributed by atoms with van der Waals surface area (Å²) in [6.07, 6.45) is 0. The van der Waals surface area contributed by atoms with E-state index in [-0.39, 0.29) is 20.8 Å². The van der Waals surface area contributed by atoms with E-state index in [9.17, 15) is 13.2 Å². The van der Waals surface area contributed by atoms with Gasteiger partial charge in [0.1, 0.15) is 10.3 Å². The van der Waals surface area contributed by atoms with Crippen LogP contribution < -0.4 is 10.0 Å². The fraction of sp³-hybridized carbons (Fsp3) is 0.143. The van der Waals surface area contributed by atoms with Crippen molar-refractivity contribution < 1.29 is 13.2 Å². The molecule has 0 saturated carbocycles. The monoisotopic (exact) mass is 463 g/mol. The SMILES string of the molecule is Cc1ccc(NS(=O)(=O)c2cc(NC(=O)c3cc(Cl)nc(Cl)c3)ccc2C)c(C)c1. The van der Waals surface area contributed by atoms with Crippen LogP contribution in [0, 0.1) is 20.8 Å². The zero-order valence-electron chi connectivity index (χ0n) is 16.5. The zero-order valence-corrected chi connectivity index (χ0v) is 18.8. The van der Waals surface area contributed by atoms with E-state index in [1.54, 1.807) is 25.1 Å². The molecule has 30 heavy (non-hydrogen) atoms. The summed E-state index contributed by atoms with van der Waals surface area (Å²) >= 11 is 11.7. The highest BCUT2D eigenvalue weighted by atomic mass is 35.5. The number of carbonyl (C=O) groups is 1. The Kier molecular flexibility index (Phi) is 6.36. The Balaban J connectivity index is 1.89. The van der Waals surface area contributed by atoms with Crippen molar-refractivity contribution in [1.29, 1.82) is 0 Å². The van der Waals surface area contributed by atoms with Crippen LogP contribution in [0.4, 0.5) is 11.4 Å². The highest BCUT2D eigenvalue weighted by Gasteiger charge is 2.19. The van der Waals surface area contributed by atoms with Crippen LogP contribution in [0.2, 0.25) is 10.3 Å². The predicted molar refractivity (Wildman–Crippen MR) is 120 cm³/mol. The summed E-state index contributed by atoms with van der Waals surface area (Å²) in [5.74, 6) is -0.490. The van der Waals surface area contributed by atoms with Crippen molar-refractivity contribution in [2.75, 3.05) is 10.0 Å². The van der Waals surface area contributed by atoms with Gasteiger partial charge in [-0.3, -0.25) is 9.52 Å². The van der Waals surface area contributed by atoms with Gasteiger partial charge in [-0.25, -0.2) is 13.4 Å². The number of carbonyl (C=O) groups excluding carboxylic acids is 1. The maximum absolute atomic E-state index is 13.0. The Morgan fingerprint density at radius 2 is 1.57 bits per heavy atom. The molecule has 0 aliphatic rings. The van der Waals surface area contributed by atoms with Crippen molar-refractivity contribution in [1.82, 2.24) is 4.98 Å². The number of aryl methyl sites for hydroxylation is 3. The minimum atomic E-state index is -3.87. The number of halogens is 2. The third kappa shape index (κ3) is 5.11. The van der Waals surface area contributed by atoms with E-state index in [0.29, 0.717) is 16.9 Å². The molecule has 3 rings (SSSR count). The maximum Gasteiger partial charge on any atom is 0.262 e. The fourth-order valence-corrected chi connectivity index (χ4v) is 4.76. The molecule has 9 heteroatoms. The minimum absolute atomic E-state index is 0.0612. The summed E-state index contributed by atoms with van der Waals surface area (Å²) in [6.45, 7) is 5.45. The van der Waals surface area contributed by atoms with Gasteiger partial charge >= 0.3 is 0 Å². The molecule has 0 aliphatic heterocycles. The summed E-state index contributed by atoms with van der Waals surface area (Å²) in [5.41, 5.74) is 3.41. The van der Waals surface area contributed by atoms with Crippen LogP contribution in [0.5, 0.6) is 0 Å². The molecule has 0 atom stereocenters. The number of nitrogens with zero attached hydrogens (tertiary/aromatic N) is 1. The highest BCUT2D eigenvalue weighted by molar-refractivity contribution is 7.92. The lowest BCUT2D eigenvalue weighted by Crippen LogP contribution is -2.17. The molecule has 0 saturated heterocycles. The summed E-state index contributed by atoms with van der Waals surface area (Å²) in [4.78, 5) is 16.4. The van der Waals surface area contributed by atoms with Crippen LogP contribution in [-0.4, -0.2) is 19.3 Å². The van der Waals surface area contributed by atoms with E-state index in [1.807, 2.05) is 26.0 Å². The smallest absolute Gasteiger partial charge is 0.262 e. The molecule has 2 N–H and O–H groups in total. The Hall–Kier alpha value is -2.61. The second-order valence-electron chi connectivity index (χ2n) is 6.86. The van der Waals surface area contributed by atoms with Gasteiger partial charge in [-0.15, -0.1) is 0 Å². The molecule has 156 valence electrons. The van der Waals surface area contributed by atoms with Gasteiger partial charge in [0.15, 0.2) is 0 Å². The van der Waals surface area contributed by atoms with Gasteiger partial charge in [0, 0.05) is 11.3 Å². The first-order chi connectivity index (χ1) is 14.0. The van der Waals surface area contributed by atoms with Crippen molar-refractivity contribution >= 4 is 50.5 Å². The van der Waals surface area contributed by atoms with Gasteiger partial charge in [0.2, 0.25) is 0 Å². The average molecular weight is 464 g/mol. The first-order valence-corrected chi connectivity index (χ1v) is 11.1. The molecule has 6 nitrogen and oxygen atoms in total. The zero-order chi connectivity index (χ0) is 22.1. The molecule has 3 aromatic rings. The lowest BCUT2D eigenvalue weighted by atomic mass is 10.1. The summed E-state index contributed by atoms with van der Waals surface area (Å²) < 4.78 is 28.6. The van der Waals surface area contributed by atoms with Crippen molar-refractivity contribution in [3.05, 3.63) is 81.1 Å². The van der Waals surface area contributed by atoms with Crippen molar-refractivity contribution in [3.63, 3.8) is 0 Å². The number of sulfonamides is 1. The maximum atomic E-state index is 13.0. The summed E-state index contributed by atoms with van der Waals surface area (Å²) in [7, 11) is -3.87. The van der Waals surface area contributed by atoms with E-state index in [1.165, 1.54) is 18.2 Å². The molecule has 0 bridgehead atoms. The van der Waals surface area contributed by atoms with Crippen molar-refractivity contribution in [2.24, 2.45) is 0 Å². The van der Waals surface area contributed by atoms with Crippen LogP contribution in [0.1, 0.15) is 27.0 Å². The molecule has 2 aromatic carbocycles. The molecular formula is C21H19Cl2N3O3S. The van der Waals surface area contributed by atoms with Gasteiger partial charge < -0.3 is 5.32 Å². The third-order valence-electron chi connectivity index (χ3n) is 4.39. The Morgan fingerprint density at radius 3 is 2.20 bits per heavy atom. The number of aromatic nitrogens is 1. The first kappa shape index (κ1) is 22.1. The molecule has 1 amide bonds. The van der Waals surface area contributed by atoms with Gasteiger partial charge in [0.25, 0.3) is 15.9 Å². The number of amides is 1. The number of hydrogen-bond donors (Lipinski definition) is 2. The second-order valence-corrected chi connectivity index (χ2v) is 9.28. The topological polar surface area (TPSA) is 88.2 Å². The third-order valence-corrected chi connectivity index (χ3v) is 6.28. The summed E-state index contributed by atoms with van der Waals surface area (Å²) in [5, 5.41) is 2.82. The van der Waals surface area contributed by atoms with Gasteiger partial charge in [0.05, 0.1) is 10.6 Å². The minimum Gasteiger partial charge on any atom is -0.322 e. The molecule has 1 heterocycles. The fourth-order valence-electron chi connectivity index (χ4n) is 2.89. The van der Waals surface area contributed by atoms with Gasteiger partial charge in [-0.2, -0.15) is 0 Å². The van der Waals surface area contributed by atoms with Crippen LogP contribution in [-0.2, 0) is 10.0 Å². The van der Waals surface area contributed by atoms with E-state index >= 15 is 0 Å². The summed E-state index contributed by atoms with van der Waals surface area (Å²) in [6, 6.07) is 12.8. The number of pyridine rings is 1. The highest BCUT2D eigenvalue weighted by Crippen LogP contribution is 2.25. The van der Waals surface area contributed by atoms with E-state index in [0.717, 1.165) is 11.1 Å². The van der Waals surface area contributed by atoms with E-state index in [2.05, 4.69) is 15.0 Å². The number of benzene rings is 2. The molecule has 0 radical (unpaired) electrons. The van der Waals surface area contributed by atoms with Crippen molar-refractivity contribution in [2.45, 2.75) is 25.7 Å². The molecule has 1 aromatic heterocycles. The molecule has 0 spiro atoms. The lowest BCUT2D eigenvalue weighted by Gasteiger charge is -2.14. The molecular weight excluding hydrogens is 445 g/mol. The van der Waals surface area contributed by atoms with Gasteiger partial charge in [-0.1, -0.05) is 47.0 Å². The standard InChI is InChI=1S/C21H19Cl2N3O3S/c1-12-4-7-17(14(3)8-12)26-30(28,29)18-11-16(6-5-13(18)2)24-21(27)15-9-19(22)25-20(23)10-15/h4-11,26H,1-3H3,(H,24,27). The first-order valence-electron chi connectivity index (χ1n) is 8.90. The molecule has 0 fully saturated rings. The van der Waals surface area contributed by atoms with Crippen LogP contribution in [0.15, 0.2) is 53.4 Å². The molecule has 0 unspecified atom stereocenters. The number of nitrogens with one attached hydrogen (secondary N) is 2. The second kappa shape index (κ2) is 8.63. The predicted octanol–water partition coefficient (Wildman–Crippen LogP) is 5.37. The van der Waals surface area contributed by atoms with Crippen LogP contribution in [0.3, 0.4) is 0 Å². The lowest BCUT2D eigenvalue weighted by molar-refractivity contribution is 0.102. The van der Waals surface area contributed by atoms with Crippen molar-refractivity contribution in [3.8, 4) is 0 Å². The van der Waals surface area contributed by atoms with Gasteiger partial charge in [-0.05, 0) is 62.2 Å². The molecule has 0 aliphatic carbocycles. The normalized spacial score (nSPS) is 11.2. The Bertz CT molecular complexity index is 1220. The van der Waals surface area contributed by atoms with Crippen LogP contribution >= 0.6 is 23.2 Å². The number of hydrogen-bond acceptors (Lipinski definition) is 4. The van der Waals surface area contributed by atoms with Crippen LogP contribution in [0.25, 0.3) is 0 Å². The Labute approximate surface area is 185 Å². The quantitative estimate of drug-likeness (QED) is 0.497. The average Bonchev–Trinajstić information content (AvgIpc) is 2.64. The number of rotatable bonds is 5. The van der Waals surface area contributed by atoms with E-state index in [4.69, 9.17) is 23.2 Å². The van der Waals surface area contributed by atoms with E-state index < -0.39 is 15.9 Å². The number of anilines is 2. The largest absolute Gasteiger partial charge is 0.322 e. The Morgan fingerprint density at radius 1 is 0.900 bits per heavy atom.